The predicted molar refractivity (Wildman–Crippen MR) is 68.8 cm³/mol. The number of carbonyl (C=O) groups is 1. The molecule has 2 unspecified atom stereocenters. The first-order valence-corrected chi connectivity index (χ1v) is 6.30. The highest BCUT2D eigenvalue weighted by Gasteiger charge is 2.35. The van der Waals surface area contributed by atoms with E-state index in [4.69, 9.17) is 9.84 Å². The number of methoxy groups -OCH3 is 1. The highest BCUT2D eigenvalue weighted by molar-refractivity contribution is 5.72. The summed E-state index contributed by atoms with van der Waals surface area (Å²) in [6, 6.07) is 8.10. The van der Waals surface area contributed by atoms with Crippen LogP contribution >= 0.6 is 0 Å². The van der Waals surface area contributed by atoms with Crippen molar-refractivity contribution in [3.8, 4) is 5.75 Å². The summed E-state index contributed by atoms with van der Waals surface area (Å²) >= 11 is 0. The number of carboxylic acids is 1. The topological polar surface area (TPSA) is 58.6 Å². The fourth-order valence-electron chi connectivity index (χ4n) is 2.27. The molecule has 0 amide bonds. The third-order valence-corrected chi connectivity index (χ3v) is 3.55. The van der Waals surface area contributed by atoms with Gasteiger partial charge >= 0.3 is 5.97 Å². The summed E-state index contributed by atoms with van der Waals surface area (Å²) in [5.74, 6) is -0.0185. The summed E-state index contributed by atoms with van der Waals surface area (Å²) in [7, 11) is 1.66. The summed E-state index contributed by atoms with van der Waals surface area (Å²) in [6.07, 6.45) is 2.65. The molecule has 1 fully saturated rings. The van der Waals surface area contributed by atoms with Gasteiger partial charge in [-0.05, 0) is 43.5 Å². The number of rotatable bonds is 6. The molecule has 2 atom stereocenters. The van der Waals surface area contributed by atoms with Crippen LogP contribution in [0.2, 0.25) is 0 Å². The van der Waals surface area contributed by atoms with E-state index in [1.807, 2.05) is 18.2 Å². The van der Waals surface area contributed by atoms with Crippen LogP contribution in [-0.2, 0) is 11.2 Å². The van der Waals surface area contributed by atoms with Crippen molar-refractivity contribution in [2.75, 3.05) is 13.7 Å². The minimum Gasteiger partial charge on any atom is -0.497 e. The Morgan fingerprint density at radius 3 is 2.94 bits per heavy atom. The average molecular weight is 249 g/mol. The average Bonchev–Trinajstić information content (AvgIpc) is 2.32. The summed E-state index contributed by atoms with van der Waals surface area (Å²) in [6.45, 7) is 0.807. The van der Waals surface area contributed by atoms with Crippen LogP contribution in [0.25, 0.3) is 0 Å². The maximum absolute atomic E-state index is 10.9. The van der Waals surface area contributed by atoms with Crippen LogP contribution in [0.1, 0.15) is 18.4 Å². The lowest BCUT2D eigenvalue weighted by atomic mass is 9.79. The Bertz CT molecular complexity index is 419. The van der Waals surface area contributed by atoms with Gasteiger partial charge < -0.3 is 15.2 Å². The van der Waals surface area contributed by atoms with Crippen LogP contribution in [0.5, 0.6) is 5.75 Å². The molecule has 0 aliphatic heterocycles. The number of hydrogen-bond acceptors (Lipinski definition) is 3. The van der Waals surface area contributed by atoms with E-state index in [9.17, 15) is 4.79 Å². The molecular weight excluding hydrogens is 230 g/mol. The van der Waals surface area contributed by atoms with Crippen molar-refractivity contribution in [2.45, 2.75) is 25.3 Å². The molecule has 4 heteroatoms. The highest BCUT2D eigenvalue weighted by Crippen LogP contribution is 2.27. The minimum atomic E-state index is -0.680. The van der Waals surface area contributed by atoms with E-state index in [0.717, 1.165) is 31.6 Å². The van der Waals surface area contributed by atoms with Crippen LogP contribution in [0.15, 0.2) is 24.3 Å². The zero-order valence-corrected chi connectivity index (χ0v) is 10.6. The number of hydrogen-bond donors (Lipinski definition) is 2. The molecule has 0 aromatic heterocycles. The van der Waals surface area contributed by atoms with Crippen molar-refractivity contribution in [3.63, 3.8) is 0 Å². The molecule has 0 bridgehead atoms. The highest BCUT2D eigenvalue weighted by atomic mass is 16.5. The Morgan fingerprint density at radius 1 is 1.50 bits per heavy atom. The number of carboxylic acid groups (broad SMARTS) is 1. The van der Waals surface area contributed by atoms with Gasteiger partial charge in [0.2, 0.25) is 0 Å². The monoisotopic (exact) mass is 249 g/mol. The Kier molecular flexibility index (Phi) is 4.20. The molecule has 1 aromatic carbocycles. The molecular formula is C14H19NO3. The van der Waals surface area contributed by atoms with Crippen molar-refractivity contribution in [1.29, 1.82) is 0 Å². The van der Waals surface area contributed by atoms with Gasteiger partial charge in [-0.1, -0.05) is 12.1 Å². The summed E-state index contributed by atoms with van der Waals surface area (Å²) < 4.78 is 5.17. The first kappa shape index (κ1) is 12.9. The number of ether oxygens (including phenoxy) is 1. The van der Waals surface area contributed by atoms with Gasteiger partial charge in [-0.25, -0.2) is 0 Å². The maximum Gasteiger partial charge on any atom is 0.308 e. The molecule has 98 valence electrons. The molecule has 18 heavy (non-hydrogen) atoms. The Labute approximate surface area is 107 Å². The molecule has 0 saturated heterocycles. The van der Waals surface area contributed by atoms with E-state index in [2.05, 4.69) is 11.4 Å². The van der Waals surface area contributed by atoms with Gasteiger partial charge in [-0.2, -0.15) is 0 Å². The Morgan fingerprint density at radius 2 is 2.33 bits per heavy atom. The smallest absolute Gasteiger partial charge is 0.308 e. The third kappa shape index (κ3) is 3.01. The lowest BCUT2D eigenvalue weighted by Crippen LogP contribution is -2.48. The van der Waals surface area contributed by atoms with Gasteiger partial charge in [-0.3, -0.25) is 4.79 Å². The van der Waals surface area contributed by atoms with Crippen molar-refractivity contribution in [3.05, 3.63) is 29.8 Å². The molecule has 1 saturated carbocycles. The van der Waals surface area contributed by atoms with Crippen molar-refractivity contribution in [1.82, 2.24) is 5.32 Å². The van der Waals surface area contributed by atoms with E-state index in [1.54, 1.807) is 7.11 Å². The van der Waals surface area contributed by atoms with Crippen LogP contribution in [0.3, 0.4) is 0 Å². The van der Waals surface area contributed by atoms with E-state index in [-0.39, 0.29) is 12.0 Å². The Hall–Kier alpha value is -1.55. The molecule has 0 radical (unpaired) electrons. The lowest BCUT2D eigenvalue weighted by Gasteiger charge is -2.34. The van der Waals surface area contributed by atoms with E-state index in [1.165, 1.54) is 5.56 Å². The van der Waals surface area contributed by atoms with Gasteiger partial charge in [0.15, 0.2) is 0 Å². The van der Waals surface area contributed by atoms with Crippen molar-refractivity contribution >= 4 is 5.97 Å². The largest absolute Gasteiger partial charge is 0.497 e. The number of benzene rings is 1. The van der Waals surface area contributed by atoms with Gasteiger partial charge in [0.25, 0.3) is 0 Å². The van der Waals surface area contributed by atoms with E-state index < -0.39 is 5.97 Å². The second-order valence-corrected chi connectivity index (χ2v) is 4.68. The number of nitrogens with one attached hydrogen (secondary N) is 1. The molecule has 2 rings (SSSR count). The minimum absolute atomic E-state index is 0.146. The standard InChI is InChI=1S/C14H19NO3/c1-18-11-4-2-3-10(9-11)7-8-15-13-6-5-12(13)14(16)17/h2-4,9,12-13,15H,5-8H2,1H3,(H,16,17). The van der Waals surface area contributed by atoms with Crippen LogP contribution < -0.4 is 10.1 Å². The SMILES string of the molecule is COc1cccc(CCNC2CCC2C(=O)O)c1. The van der Waals surface area contributed by atoms with Crippen LogP contribution in [-0.4, -0.2) is 30.8 Å². The Balaban J connectivity index is 1.76. The van der Waals surface area contributed by atoms with Crippen LogP contribution in [0.4, 0.5) is 0 Å². The zero-order valence-electron chi connectivity index (χ0n) is 10.6. The molecule has 1 aliphatic carbocycles. The maximum atomic E-state index is 10.9. The van der Waals surface area contributed by atoms with Gasteiger partial charge in [-0.15, -0.1) is 0 Å². The molecule has 4 nitrogen and oxygen atoms in total. The first-order chi connectivity index (χ1) is 8.70. The van der Waals surface area contributed by atoms with E-state index >= 15 is 0 Å². The summed E-state index contributed by atoms with van der Waals surface area (Å²) in [5, 5.41) is 12.2. The van der Waals surface area contributed by atoms with Crippen molar-refractivity contribution in [2.24, 2.45) is 5.92 Å². The summed E-state index contributed by atoms with van der Waals surface area (Å²) in [5.41, 5.74) is 1.20. The van der Waals surface area contributed by atoms with E-state index in [0.29, 0.717) is 0 Å². The van der Waals surface area contributed by atoms with Crippen LogP contribution in [0, 0.1) is 5.92 Å². The fraction of sp³-hybridized carbons (Fsp3) is 0.500. The quantitative estimate of drug-likeness (QED) is 0.805. The lowest BCUT2D eigenvalue weighted by molar-refractivity contribution is -0.146. The summed E-state index contributed by atoms with van der Waals surface area (Å²) in [4.78, 5) is 10.9. The molecule has 1 aromatic rings. The third-order valence-electron chi connectivity index (χ3n) is 3.55. The molecule has 0 spiro atoms. The molecule has 2 N–H and O–H groups in total. The first-order valence-electron chi connectivity index (χ1n) is 6.30. The van der Waals surface area contributed by atoms with Crippen molar-refractivity contribution < 1.29 is 14.6 Å². The second kappa shape index (κ2) is 5.87. The second-order valence-electron chi connectivity index (χ2n) is 4.68. The molecule has 0 heterocycles. The van der Waals surface area contributed by atoms with Gasteiger partial charge in [0, 0.05) is 6.04 Å². The zero-order chi connectivity index (χ0) is 13.0. The van der Waals surface area contributed by atoms with Gasteiger partial charge in [0.05, 0.1) is 13.0 Å². The normalized spacial score (nSPS) is 22.3. The van der Waals surface area contributed by atoms with Gasteiger partial charge in [0.1, 0.15) is 5.75 Å². The predicted octanol–water partition coefficient (Wildman–Crippen LogP) is 1.69. The molecule has 1 aliphatic rings. The fourth-order valence-corrected chi connectivity index (χ4v) is 2.27. The number of aliphatic carboxylic acids is 1.